The average Bonchev–Trinajstić information content (AvgIpc) is 3.55. The lowest BCUT2D eigenvalue weighted by atomic mass is 9.91. The number of hydrogen-bond acceptors (Lipinski definition) is 4. The van der Waals surface area contributed by atoms with E-state index in [1.807, 2.05) is 49.3 Å². The number of hydrogen-bond donors (Lipinski definition) is 1. The van der Waals surface area contributed by atoms with Crippen LogP contribution in [0.5, 0.6) is 11.5 Å². The van der Waals surface area contributed by atoms with Gasteiger partial charge >= 0.3 is 0 Å². The van der Waals surface area contributed by atoms with Crippen LogP contribution >= 0.6 is 0 Å². The van der Waals surface area contributed by atoms with E-state index in [2.05, 4.69) is 52.3 Å². The molecule has 0 saturated heterocycles. The number of ether oxygens (including phenoxy) is 2. The van der Waals surface area contributed by atoms with E-state index in [0.29, 0.717) is 19.8 Å². The fraction of sp³-hybridized carbons (Fsp3) is 0.281. The van der Waals surface area contributed by atoms with E-state index >= 15 is 0 Å². The Morgan fingerprint density at radius 3 is 2.79 bits per heavy atom. The zero-order valence-corrected chi connectivity index (χ0v) is 21.9. The highest BCUT2D eigenvalue weighted by atomic mass is 16.5. The van der Waals surface area contributed by atoms with Crippen LogP contribution in [0.15, 0.2) is 72.8 Å². The Bertz CT molecular complexity index is 1490. The van der Waals surface area contributed by atoms with Crippen molar-refractivity contribution in [1.82, 2.24) is 14.8 Å². The number of benzene rings is 3. The summed E-state index contributed by atoms with van der Waals surface area (Å²) < 4.78 is 11.5. The van der Waals surface area contributed by atoms with Crippen LogP contribution in [0.4, 0.5) is 0 Å². The number of aromatic nitrogens is 1. The summed E-state index contributed by atoms with van der Waals surface area (Å²) >= 11 is 0. The van der Waals surface area contributed by atoms with Crippen molar-refractivity contribution in [3.05, 3.63) is 101 Å². The van der Waals surface area contributed by atoms with Gasteiger partial charge < -0.3 is 24.3 Å². The number of aromatic amines is 1. The fourth-order valence-electron chi connectivity index (χ4n) is 5.49. The number of likely N-dealkylation sites (N-methyl/N-ethyl adjacent to an activating group) is 1. The number of fused-ring (bicyclic) bond motifs is 4. The third-order valence-corrected chi connectivity index (χ3v) is 7.45. The summed E-state index contributed by atoms with van der Waals surface area (Å²) in [7, 11) is 4.05. The lowest BCUT2D eigenvalue weighted by Crippen LogP contribution is -2.39. The zero-order chi connectivity index (χ0) is 26.1. The summed E-state index contributed by atoms with van der Waals surface area (Å²) in [5.74, 6) is 1.79. The maximum atomic E-state index is 13.7. The molecular formula is C32H33N3O3. The first kappa shape index (κ1) is 24.3. The number of nitrogens with zero attached hydrogens (tertiary/aromatic N) is 2. The Kier molecular flexibility index (Phi) is 6.64. The normalized spacial score (nSPS) is 16.6. The molecule has 1 atom stereocenters. The first-order valence-corrected chi connectivity index (χ1v) is 13.3. The van der Waals surface area contributed by atoms with Gasteiger partial charge in [-0.05, 0) is 79.2 Å². The van der Waals surface area contributed by atoms with Crippen molar-refractivity contribution in [3.63, 3.8) is 0 Å². The molecule has 0 saturated carbocycles. The third kappa shape index (κ3) is 4.79. The molecule has 38 heavy (non-hydrogen) atoms. The van der Waals surface area contributed by atoms with Gasteiger partial charge in [0.1, 0.15) is 18.1 Å². The summed E-state index contributed by atoms with van der Waals surface area (Å²) in [4.78, 5) is 21.4. The molecule has 0 bridgehead atoms. The first-order valence-electron chi connectivity index (χ1n) is 13.3. The molecule has 6 nitrogen and oxygen atoms in total. The Labute approximate surface area is 223 Å². The Morgan fingerprint density at radius 2 is 1.95 bits per heavy atom. The number of rotatable bonds is 7. The highest BCUT2D eigenvalue weighted by molar-refractivity contribution is 5.93. The molecule has 6 rings (SSSR count). The molecule has 1 N–H and O–H groups in total. The van der Waals surface area contributed by atoms with E-state index in [1.54, 1.807) is 6.08 Å². The minimum atomic E-state index is -0.179. The van der Waals surface area contributed by atoms with Crippen LogP contribution in [0, 0.1) is 0 Å². The summed E-state index contributed by atoms with van der Waals surface area (Å²) in [6.45, 7) is 2.88. The largest absolute Gasteiger partial charge is 0.493 e. The van der Waals surface area contributed by atoms with Gasteiger partial charge in [-0.1, -0.05) is 36.4 Å². The molecule has 4 aromatic rings. The zero-order valence-electron chi connectivity index (χ0n) is 21.9. The van der Waals surface area contributed by atoms with Crippen molar-refractivity contribution >= 4 is 22.9 Å². The van der Waals surface area contributed by atoms with Gasteiger partial charge in [-0.15, -0.1) is 0 Å². The molecule has 1 aromatic heterocycles. The van der Waals surface area contributed by atoms with Gasteiger partial charge in [0.25, 0.3) is 0 Å². The highest BCUT2D eigenvalue weighted by Crippen LogP contribution is 2.40. The van der Waals surface area contributed by atoms with Gasteiger partial charge in [0.05, 0.1) is 12.6 Å². The molecule has 3 heterocycles. The predicted molar refractivity (Wildman–Crippen MR) is 151 cm³/mol. The van der Waals surface area contributed by atoms with Crippen molar-refractivity contribution < 1.29 is 14.3 Å². The monoisotopic (exact) mass is 507 g/mol. The Morgan fingerprint density at radius 1 is 1.11 bits per heavy atom. The van der Waals surface area contributed by atoms with Crippen LogP contribution in [0.25, 0.3) is 17.0 Å². The van der Waals surface area contributed by atoms with Crippen LogP contribution in [-0.2, 0) is 17.6 Å². The van der Waals surface area contributed by atoms with Gasteiger partial charge in [-0.25, -0.2) is 0 Å². The van der Waals surface area contributed by atoms with Gasteiger partial charge in [0.15, 0.2) is 0 Å². The minimum absolute atomic E-state index is 0.00219. The van der Waals surface area contributed by atoms with E-state index < -0.39 is 0 Å². The molecule has 0 radical (unpaired) electrons. The Hall–Kier alpha value is -4.03. The van der Waals surface area contributed by atoms with E-state index in [0.717, 1.165) is 53.2 Å². The molecule has 0 spiro atoms. The van der Waals surface area contributed by atoms with Crippen LogP contribution in [0.1, 0.15) is 34.0 Å². The van der Waals surface area contributed by atoms with E-state index in [1.165, 1.54) is 16.5 Å². The predicted octanol–water partition coefficient (Wildman–Crippen LogP) is 5.23. The van der Waals surface area contributed by atoms with Crippen LogP contribution < -0.4 is 9.47 Å². The second-order valence-electron chi connectivity index (χ2n) is 10.3. The Balaban J connectivity index is 1.27. The summed E-state index contributed by atoms with van der Waals surface area (Å²) in [5.41, 5.74) is 6.82. The molecule has 1 amide bonds. The molecule has 6 heteroatoms. The van der Waals surface area contributed by atoms with Crippen LogP contribution in [-0.4, -0.2) is 61.1 Å². The van der Waals surface area contributed by atoms with Gasteiger partial charge in [0, 0.05) is 42.2 Å². The second kappa shape index (κ2) is 10.4. The topological polar surface area (TPSA) is 57.8 Å². The minimum Gasteiger partial charge on any atom is -0.493 e. The SMILES string of the molecule is CN(C)CCOc1ccc(C=CC(=O)N2CCc3c([nH]c4ccccc34)[C@@H]2c2ccc3c(c2)CCO3)cc1. The number of H-pyrrole nitrogens is 1. The van der Waals surface area contributed by atoms with E-state index in [4.69, 9.17) is 9.47 Å². The smallest absolute Gasteiger partial charge is 0.247 e. The van der Waals surface area contributed by atoms with Crippen LogP contribution in [0.2, 0.25) is 0 Å². The summed E-state index contributed by atoms with van der Waals surface area (Å²) in [5, 5.41) is 1.24. The number of amides is 1. The fourth-order valence-corrected chi connectivity index (χ4v) is 5.49. The molecule has 194 valence electrons. The maximum absolute atomic E-state index is 13.7. The third-order valence-electron chi connectivity index (χ3n) is 7.45. The lowest BCUT2D eigenvalue weighted by molar-refractivity contribution is -0.128. The quantitative estimate of drug-likeness (QED) is 0.348. The lowest BCUT2D eigenvalue weighted by Gasteiger charge is -2.36. The van der Waals surface area contributed by atoms with Gasteiger partial charge in [-0.3, -0.25) is 4.79 Å². The number of carbonyl (C=O) groups is 1. The molecular weight excluding hydrogens is 474 g/mol. The van der Waals surface area contributed by atoms with Gasteiger partial charge in [-0.2, -0.15) is 0 Å². The van der Waals surface area contributed by atoms with E-state index in [-0.39, 0.29) is 11.9 Å². The molecule has 3 aromatic carbocycles. The highest BCUT2D eigenvalue weighted by Gasteiger charge is 2.34. The maximum Gasteiger partial charge on any atom is 0.247 e. The molecule has 2 aliphatic rings. The average molecular weight is 508 g/mol. The molecule has 2 aliphatic heterocycles. The standard InChI is InChI=1S/C32H33N3O3/c1-34(2)18-20-37-25-11-7-22(8-12-25)9-14-30(36)35-17-15-27-26-5-3-4-6-28(26)33-31(27)32(35)24-10-13-29-23(21-24)16-19-38-29/h3-14,21,32-33H,15-20H2,1-2H3/t32-/m0/s1. The summed E-state index contributed by atoms with van der Waals surface area (Å²) in [6, 6.07) is 22.5. The van der Waals surface area contributed by atoms with Gasteiger partial charge in [0.2, 0.25) is 5.91 Å². The van der Waals surface area contributed by atoms with Crippen molar-refractivity contribution in [2.75, 3.05) is 40.4 Å². The first-order chi connectivity index (χ1) is 18.6. The number of nitrogens with one attached hydrogen (secondary N) is 1. The van der Waals surface area contributed by atoms with Crippen molar-refractivity contribution in [2.24, 2.45) is 0 Å². The second-order valence-corrected chi connectivity index (χ2v) is 10.3. The van der Waals surface area contributed by atoms with Crippen molar-refractivity contribution in [2.45, 2.75) is 18.9 Å². The molecule has 0 aliphatic carbocycles. The van der Waals surface area contributed by atoms with Crippen LogP contribution in [0.3, 0.4) is 0 Å². The van der Waals surface area contributed by atoms with Crippen molar-refractivity contribution in [1.29, 1.82) is 0 Å². The van der Waals surface area contributed by atoms with E-state index in [9.17, 15) is 4.79 Å². The molecule has 0 fully saturated rings. The van der Waals surface area contributed by atoms with Crippen molar-refractivity contribution in [3.8, 4) is 11.5 Å². The number of carbonyl (C=O) groups excluding carboxylic acids is 1. The summed E-state index contributed by atoms with van der Waals surface area (Å²) in [6.07, 6.45) is 5.31. The number of para-hydroxylation sites is 1. The molecule has 0 unspecified atom stereocenters.